The zero-order valence-electron chi connectivity index (χ0n) is 17.4. The van der Waals surface area contributed by atoms with Crippen LogP contribution in [-0.2, 0) is 4.79 Å². The summed E-state index contributed by atoms with van der Waals surface area (Å²) >= 11 is 1.55. The van der Waals surface area contributed by atoms with Crippen LogP contribution in [0, 0.1) is 6.92 Å². The van der Waals surface area contributed by atoms with Crippen LogP contribution in [0.2, 0.25) is 0 Å². The summed E-state index contributed by atoms with van der Waals surface area (Å²) in [5.41, 5.74) is 8.13. The molecular weight excluding hydrogens is 414 g/mol. The second-order valence-corrected chi connectivity index (χ2v) is 8.94. The third kappa shape index (κ3) is 5.03. The monoisotopic (exact) mass is 439 g/mol. The number of aryl methyl sites for hydroxylation is 1. The molecule has 0 fully saturated rings. The number of H-pyrrole nitrogens is 1. The lowest BCUT2D eigenvalue weighted by Crippen LogP contribution is -2.18. The van der Waals surface area contributed by atoms with Crippen molar-refractivity contribution in [2.45, 2.75) is 31.6 Å². The zero-order chi connectivity index (χ0) is 22.0. The first-order valence-electron chi connectivity index (χ1n) is 10.1. The van der Waals surface area contributed by atoms with Gasteiger partial charge in [0.25, 0.3) is 0 Å². The van der Waals surface area contributed by atoms with Crippen LogP contribution in [0.4, 0.5) is 0 Å². The van der Waals surface area contributed by atoms with Gasteiger partial charge in [-0.1, -0.05) is 29.5 Å². The summed E-state index contributed by atoms with van der Waals surface area (Å²) in [6.45, 7) is 4.28. The molecule has 1 amide bonds. The first-order valence-corrected chi connectivity index (χ1v) is 11.0. The average molecular weight is 440 g/mol. The van der Waals surface area contributed by atoms with E-state index in [0.717, 1.165) is 33.0 Å². The number of primary amides is 1. The van der Waals surface area contributed by atoms with Crippen molar-refractivity contribution in [2.24, 2.45) is 10.7 Å². The minimum atomic E-state index is -0.372. The highest BCUT2D eigenvalue weighted by Crippen LogP contribution is 2.36. The van der Waals surface area contributed by atoms with E-state index in [2.05, 4.69) is 9.98 Å². The van der Waals surface area contributed by atoms with Gasteiger partial charge >= 0.3 is 0 Å². The number of aliphatic hydroxyl groups is 1. The Labute approximate surface area is 184 Å². The number of fused-ring (bicyclic) bond motifs is 1. The third-order valence-corrected chi connectivity index (χ3v) is 6.11. The van der Waals surface area contributed by atoms with Crippen molar-refractivity contribution in [1.82, 2.24) is 4.98 Å². The predicted molar refractivity (Wildman–Crippen MR) is 123 cm³/mol. The third-order valence-electron chi connectivity index (χ3n) is 4.88. The van der Waals surface area contributed by atoms with Crippen LogP contribution >= 0.6 is 11.8 Å². The maximum absolute atomic E-state index is 11.2. The van der Waals surface area contributed by atoms with Crippen LogP contribution in [0.5, 0.6) is 17.2 Å². The number of hydrogen-bond donors (Lipinski definition) is 3. The molecule has 2 atom stereocenters. The first kappa shape index (κ1) is 21.3. The molecule has 7 nitrogen and oxygen atoms in total. The summed E-state index contributed by atoms with van der Waals surface area (Å²) in [6.07, 6.45) is -0.0721. The minimum absolute atomic E-state index is 0.0597. The number of benzene rings is 2. The molecule has 0 bridgehead atoms. The number of carbonyl (C=O) groups is 1. The summed E-state index contributed by atoms with van der Waals surface area (Å²) in [5, 5.41) is 11.3. The molecule has 0 saturated heterocycles. The van der Waals surface area contributed by atoms with E-state index in [1.54, 1.807) is 18.7 Å². The Morgan fingerprint density at radius 2 is 2.06 bits per heavy atom. The Balaban J connectivity index is 1.66. The molecule has 4 rings (SSSR count). The van der Waals surface area contributed by atoms with Gasteiger partial charge in [0.1, 0.15) is 28.4 Å². The second kappa shape index (κ2) is 9.03. The van der Waals surface area contributed by atoms with Crippen LogP contribution in [0.15, 0.2) is 47.5 Å². The molecule has 162 valence electrons. The highest BCUT2D eigenvalue weighted by Gasteiger charge is 2.24. The minimum Gasteiger partial charge on any atom is -0.486 e. The van der Waals surface area contributed by atoms with E-state index < -0.39 is 0 Å². The van der Waals surface area contributed by atoms with Gasteiger partial charge in [0.15, 0.2) is 0 Å². The Morgan fingerprint density at radius 3 is 2.77 bits per heavy atom. The number of aliphatic imine (C=N–C) groups is 1. The lowest BCUT2D eigenvalue weighted by Gasteiger charge is -2.14. The van der Waals surface area contributed by atoms with E-state index in [9.17, 15) is 9.90 Å². The summed E-state index contributed by atoms with van der Waals surface area (Å²) in [6, 6.07) is 13.6. The number of nitrogens with zero attached hydrogens (tertiary/aromatic N) is 1. The van der Waals surface area contributed by atoms with E-state index in [0.29, 0.717) is 24.5 Å². The summed E-state index contributed by atoms with van der Waals surface area (Å²) in [7, 11) is 0. The maximum atomic E-state index is 11.2. The molecular formula is C23H25N3O4S. The van der Waals surface area contributed by atoms with Gasteiger partial charge in [-0.2, -0.15) is 0 Å². The van der Waals surface area contributed by atoms with Gasteiger partial charge in [0, 0.05) is 23.1 Å². The molecule has 31 heavy (non-hydrogen) atoms. The molecule has 4 N–H and O–H groups in total. The quantitative estimate of drug-likeness (QED) is 0.495. The van der Waals surface area contributed by atoms with Gasteiger partial charge in [-0.25, -0.2) is 0 Å². The first-order chi connectivity index (χ1) is 14.9. The van der Waals surface area contributed by atoms with E-state index in [4.69, 9.17) is 15.2 Å². The van der Waals surface area contributed by atoms with Crippen LogP contribution in [-0.4, -0.2) is 45.5 Å². The molecule has 8 heteroatoms. The smallest absolute Gasteiger partial charge is 0.218 e. The van der Waals surface area contributed by atoms with Crippen LogP contribution in [0.1, 0.15) is 24.6 Å². The average Bonchev–Trinajstić information content (AvgIpc) is 3.36. The lowest BCUT2D eigenvalue weighted by molar-refractivity contribution is -0.117. The number of ether oxygens (including phenoxy) is 2. The molecule has 2 heterocycles. The van der Waals surface area contributed by atoms with Gasteiger partial charge in [0.05, 0.1) is 24.4 Å². The van der Waals surface area contributed by atoms with Crippen LogP contribution in [0.3, 0.4) is 0 Å². The van der Waals surface area contributed by atoms with Crippen molar-refractivity contribution in [3.63, 3.8) is 0 Å². The summed E-state index contributed by atoms with van der Waals surface area (Å²) in [5.74, 6) is 1.63. The largest absolute Gasteiger partial charge is 0.486 e. The molecule has 0 spiro atoms. The number of aromatic amines is 1. The number of aliphatic hydroxyl groups excluding tert-OH is 1. The Kier molecular flexibility index (Phi) is 6.20. The highest BCUT2D eigenvalue weighted by atomic mass is 32.2. The van der Waals surface area contributed by atoms with E-state index in [-0.39, 0.29) is 23.9 Å². The van der Waals surface area contributed by atoms with E-state index in [1.807, 2.05) is 49.4 Å². The molecule has 1 aliphatic heterocycles. The van der Waals surface area contributed by atoms with E-state index in [1.165, 1.54) is 0 Å². The molecule has 2 aromatic carbocycles. The fourth-order valence-electron chi connectivity index (χ4n) is 3.34. The Hall–Kier alpha value is -2.97. The van der Waals surface area contributed by atoms with Crippen molar-refractivity contribution in [3.05, 3.63) is 53.7 Å². The molecule has 0 saturated carbocycles. The number of hydrogen-bond acceptors (Lipinski definition) is 6. The van der Waals surface area contributed by atoms with Crippen molar-refractivity contribution in [1.29, 1.82) is 0 Å². The molecule has 0 aliphatic carbocycles. The van der Waals surface area contributed by atoms with Gasteiger partial charge in [-0.05, 0) is 38.1 Å². The topological polar surface area (TPSA) is 110 Å². The maximum Gasteiger partial charge on any atom is 0.218 e. The number of rotatable bonds is 8. The van der Waals surface area contributed by atoms with Crippen molar-refractivity contribution < 1.29 is 19.4 Å². The van der Waals surface area contributed by atoms with Gasteiger partial charge < -0.3 is 25.3 Å². The molecule has 2 unspecified atom stereocenters. The normalized spacial score (nSPS) is 16.9. The fourth-order valence-corrected chi connectivity index (χ4v) is 4.44. The standard InChI is InChI=1S/C23H25N3O4S/c1-13-3-5-16(6-4-13)30-17-7-15-8-19(23-25-11-18(31-23)10-21(24)28)26-22(15)20(9-17)29-14(2)12-27/h3-9,14,18,26-27H,10-12H2,1-2H3,(H2,24,28). The van der Waals surface area contributed by atoms with E-state index >= 15 is 0 Å². The lowest BCUT2D eigenvalue weighted by atomic mass is 10.2. The summed E-state index contributed by atoms with van der Waals surface area (Å²) in [4.78, 5) is 19.2. The predicted octanol–water partition coefficient (Wildman–Crippen LogP) is 3.77. The molecule has 3 aromatic rings. The van der Waals surface area contributed by atoms with Crippen molar-refractivity contribution >= 4 is 33.6 Å². The fraction of sp³-hybridized carbons (Fsp3) is 0.304. The van der Waals surface area contributed by atoms with Gasteiger partial charge in [0.2, 0.25) is 5.91 Å². The SMILES string of the molecule is Cc1ccc(Oc2cc(OC(C)CO)c3[nH]c(C4=NCC(CC(N)=O)S4)cc3c2)cc1. The highest BCUT2D eigenvalue weighted by molar-refractivity contribution is 8.15. The number of amides is 1. The van der Waals surface area contributed by atoms with Crippen LogP contribution in [0.25, 0.3) is 10.9 Å². The van der Waals surface area contributed by atoms with Crippen LogP contribution < -0.4 is 15.2 Å². The zero-order valence-corrected chi connectivity index (χ0v) is 18.2. The summed E-state index contributed by atoms with van der Waals surface area (Å²) < 4.78 is 12.0. The van der Waals surface area contributed by atoms with Gasteiger partial charge in [-0.3, -0.25) is 9.79 Å². The molecule has 0 radical (unpaired) electrons. The Morgan fingerprint density at radius 1 is 1.29 bits per heavy atom. The number of aromatic nitrogens is 1. The number of nitrogens with one attached hydrogen (secondary N) is 1. The number of thioether (sulfide) groups is 1. The van der Waals surface area contributed by atoms with Crippen molar-refractivity contribution in [2.75, 3.05) is 13.2 Å². The molecule has 1 aliphatic rings. The van der Waals surface area contributed by atoms with Crippen molar-refractivity contribution in [3.8, 4) is 17.2 Å². The number of nitrogens with two attached hydrogens (primary N) is 1. The van der Waals surface area contributed by atoms with Gasteiger partial charge in [-0.15, -0.1) is 0 Å². The second-order valence-electron chi connectivity index (χ2n) is 7.65. The Bertz CT molecular complexity index is 1120. The number of carbonyl (C=O) groups excluding carboxylic acids is 1. The molecule has 1 aromatic heterocycles.